The van der Waals surface area contributed by atoms with E-state index < -0.39 is 105 Å². The molecule has 0 aliphatic rings. The van der Waals surface area contributed by atoms with Gasteiger partial charge in [-0.15, -0.1) is 0 Å². The maximum atomic E-state index is 14.6. The molecule has 6 rings (SSSR count). The first-order valence-corrected chi connectivity index (χ1v) is 18.2. The van der Waals surface area contributed by atoms with Gasteiger partial charge in [-0.25, -0.2) is 57.6 Å². The van der Waals surface area contributed by atoms with Crippen LogP contribution in [-0.2, 0) is 20.0 Å². The van der Waals surface area contributed by atoms with Crippen molar-refractivity contribution in [1.82, 2.24) is 0 Å². The van der Waals surface area contributed by atoms with E-state index in [-0.39, 0.29) is 34.3 Å². The van der Waals surface area contributed by atoms with Crippen molar-refractivity contribution >= 4 is 82.3 Å². The minimum absolute atomic E-state index is 0.0683. The van der Waals surface area contributed by atoms with Gasteiger partial charge in [-0.1, -0.05) is 24.3 Å². The van der Waals surface area contributed by atoms with E-state index >= 15 is 0 Å². The number of carbonyl (C=O) groups is 3. The summed E-state index contributed by atoms with van der Waals surface area (Å²) in [5.41, 5.74) is -5.21. The van der Waals surface area contributed by atoms with Gasteiger partial charge in [0.2, 0.25) is 0 Å². The Morgan fingerprint density at radius 2 is 0.804 bits per heavy atom. The molecule has 0 aromatic heterocycles. The smallest absolute Gasteiger partial charge is 0.338 e. The normalized spacial score (nSPS) is 11.7. The van der Waals surface area contributed by atoms with E-state index in [0.717, 1.165) is 24.3 Å². The number of hydrogen-bond acceptors (Lipinski definition) is 7. The second-order valence-corrected chi connectivity index (χ2v) is 15.0. The molecule has 13 nitrogen and oxygen atoms in total. The third-order valence-corrected chi connectivity index (χ3v) is 10.7. The zero-order valence-corrected chi connectivity index (χ0v) is 29.1. The molecule has 21 heteroatoms. The quantitative estimate of drug-likeness (QED) is 0.0598. The molecular formula is C35H20F6N4O9S2. The fourth-order valence-corrected chi connectivity index (χ4v) is 7.51. The van der Waals surface area contributed by atoms with E-state index in [4.69, 9.17) is 10.2 Å². The number of carboxylic acid groups (broad SMARTS) is 2. The Balaban J connectivity index is 1.15. The lowest BCUT2D eigenvalue weighted by atomic mass is 10.1. The van der Waals surface area contributed by atoms with Crippen molar-refractivity contribution in [2.75, 3.05) is 20.1 Å². The second kappa shape index (κ2) is 14.4. The van der Waals surface area contributed by atoms with E-state index in [1.165, 1.54) is 48.5 Å². The first kappa shape index (κ1) is 38.8. The van der Waals surface area contributed by atoms with E-state index in [1.54, 1.807) is 9.44 Å². The van der Waals surface area contributed by atoms with Crippen LogP contribution in [0.25, 0.3) is 21.5 Å². The number of carboxylic acids is 2. The number of urea groups is 1. The summed E-state index contributed by atoms with van der Waals surface area (Å²) in [7, 11) is -9.56. The van der Waals surface area contributed by atoms with Gasteiger partial charge in [-0.3, -0.25) is 9.44 Å². The van der Waals surface area contributed by atoms with Crippen LogP contribution in [-0.4, -0.2) is 45.0 Å². The van der Waals surface area contributed by atoms with Gasteiger partial charge < -0.3 is 20.8 Å². The SMILES string of the molecule is O=C(Nc1ccc2cc(S(=O)(=O)Nc3c(F)c(F)cc(C(=O)O)c3F)ccc2c1)Nc1ccc2cc(S(=O)(=O)Nc3c(F)c(F)cc(C(=O)O)c3F)ccc2c1. The molecule has 0 heterocycles. The molecule has 288 valence electrons. The fourth-order valence-electron chi connectivity index (χ4n) is 5.32. The summed E-state index contributed by atoms with van der Waals surface area (Å²) >= 11 is 0. The average molecular weight is 819 g/mol. The molecule has 0 unspecified atom stereocenters. The largest absolute Gasteiger partial charge is 0.478 e. The van der Waals surface area contributed by atoms with Crippen molar-refractivity contribution in [2.45, 2.75) is 9.79 Å². The Bertz CT molecular complexity index is 2720. The highest BCUT2D eigenvalue weighted by molar-refractivity contribution is 7.93. The Morgan fingerprint density at radius 3 is 1.16 bits per heavy atom. The first-order chi connectivity index (χ1) is 26.2. The van der Waals surface area contributed by atoms with Crippen LogP contribution >= 0.6 is 0 Å². The standard InChI is InChI=1S/C35H20F6N4O9S2/c36-25-13-23(33(46)47)27(38)31(29(25)40)44-55(51,52)21-7-3-15-9-19(5-1-17(15)11-21)42-35(50)43-20-6-2-18-12-22(8-4-16(18)10-20)56(53,54)45-32-28(39)24(34(48)49)14-26(37)30(32)41/h1-14,44-45H,(H,46,47)(H,48,49)(H2,42,43,50). The molecule has 6 aromatic carbocycles. The summed E-state index contributed by atoms with van der Waals surface area (Å²) in [6, 6.07) is 14.7. The van der Waals surface area contributed by atoms with Crippen LogP contribution in [0.5, 0.6) is 0 Å². The number of halogens is 6. The minimum Gasteiger partial charge on any atom is -0.478 e. The Hall–Kier alpha value is -6.87. The highest BCUT2D eigenvalue weighted by atomic mass is 32.2. The predicted octanol–water partition coefficient (Wildman–Crippen LogP) is 7.47. The molecule has 0 radical (unpaired) electrons. The van der Waals surface area contributed by atoms with Gasteiger partial charge in [0, 0.05) is 11.4 Å². The number of nitrogens with one attached hydrogen (secondary N) is 4. The van der Waals surface area contributed by atoms with Crippen molar-refractivity contribution in [3.8, 4) is 0 Å². The van der Waals surface area contributed by atoms with Gasteiger partial charge in [0.15, 0.2) is 34.9 Å². The van der Waals surface area contributed by atoms with Gasteiger partial charge >= 0.3 is 18.0 Å². The van der Waals surface area contributed by atoms with Crippen LogP contribution < -0.4 is 20.1 Å². The van der Waals surface area contributed by atoms with E-state index in [1.807, 2.05) is 0 Å². The van der Waals surface area contributed by atoms with Gasteiger partial charge in [0.1, 0.15) is 22.5 Å². The summed E-state index contributed by atoms with van der Waals surface area (Å²) in [6.45, 7) is 0. The van der Waals surface area contributed by atoms with Gasteiger partial charge in [0.25, 0.3) is 20.0 Å². The first-order valence-electron chi connectivity index (χ1n) is 15.3. The molecule has 56 heavy (non-hydrogen) atoms. The molecular weight excluding hydrogens is 799 g/mol. The number of carbonyl (C=O) groups excluding carboxylic acids is 1. The summed E-state index contributed by atoms with van der Waals surface area (Å²) in [6.07, 6.45) is 0. The summed E-state index contributed by atoms with van der Waals surface area (Å²) in [5.74, 6) is -15.1. The van der Waals surface area contributed by atoms with Crippen LogP contribution in [0.2, 0.25) is 0 Å². The minimum atomic E-state index is -4.78. The molecule has 0 spiro atoms. The topological polar surface area (TPSA) is 208 Å². The fraction of sp³-hybridized carbons (Fsp3) is 0. The number of benzene rings is 6. The lowest BCUT2D eigenvalue weighted by Crippen LogP contribution is -2.19. The molecule has 2 amide bonds. The van der Waals surface area contributed by atoms with Crippen molar-refractivity contribution in [3.63, 3.8) is 0 Å². The predicted molar refractivity (Wildman–Crippen MR) is 189 cm³/mol. The van der Waals surface area contributed by atoms with Crippen molar-refractivity contribution in [1.29, 1.82) is 0 Å². The number of aromatic carboxylic acids is 2. The Labute approximate surface area is 310 Å². The molecule has 6 aromatic rings. The van der Waals surface area contributed by atoms with Crippen LogP contribution in [0, 0.1) is 34.9 Å². The summed E-state index contributed by atoms with van der Waals surface area (Å²) in [5, 5.41) is 24.5. The van der Waals surface area contributed by atoms with Gasteiger partial charge in [0.05, 0.1) is 9.79 Å². The lowest BCUT2D eigenvalue weighted by Gasteiger charge is -2.13. The average Bonchev–Trinajstić information content (AvgIpc) is 3.14. The van der Waals surface area contributed by atoms with Gasteiger partial charge in [-0.05, 0) is 82.2 Å². The lowest BCUT2D eigenvalue weighted by molar-refractivity contribution is 0.0680. The van der Waals surface area contributed by atoms with Crippen LogP contribution in [0.3, 0.4) is 0 Å². The van der Waals surface area contributed by atoms with Crippen LogP contribution in [0.4, 0.5) is 53.9 Å². The van der Waals surface area contributed by atoms with E-state index in [2.05, 4.69) is 10.6 Å². The van der Waals surface area contributed by atoms with Gasteiger partial charge in [-0.2, -0.15) is 0 Å². The highest BCUT2D eigenvalue weighted by Gasteiger charge is 2.28. The Kier molecular flexibility index (Phi) is 10.00. The molecule has 6 N–H and O–H groups in total. The molecule has 0 saturated carbocycles. The molecule has 0 atom stereocenters. The van der Waals surface area contributed by atoms with Crippen molar-refractivity contribution in [3.05, 3.63) is 131 Å². The highest BCUT2D eigenvalue weighted by Crippen LogP contribution is 2.31. The maximum absolute atomic E-state index is 14.6. The zero-order chi connectivity index (χ0) is 40.9. The van der Waals surface area contributed by atoms with E-state index in [0.29, 0.717) is 10.8 Å². The third-order valence-electron chi connectivity index (χ3n) is 8.01. The number of hydrogen-bond donors (Lipinski definition) is 6. The summed E-state index contributed by atoms with van der Waals surface area (Å²) < 4.78 is 140. The molecule has 0 aliphatic carbocycles. The molecule has 0 bridgehead atoms. The number of sulfonamides is 2. The monoisotopic (exact) mass is 818 g/mol. The van der Waals surface area contributed by atoms with Crippen LogP contribution in [0.1, 0.15) is 20.7 Å². The van der Waals surface area contributed by atoms with Crippen LogP contribution in [0.15, 0.2) is 94.7 Å². The Morgan fingerprint density at radius 1 is 0.464 bits per heavy atom. The molecule has 0 saturated heterocycles. The molecule has 0 fully saturated rings. The third kappa shape index (κ3) is 7.57. The number of anilines is 4. The number of amides is 2. The summed E-state index contributed by atoms with van der Waals surface area (Å²) in [4.78, 5) is 34.1. The van der Waals surface area contributed by atoms with Crippen molar-refractivity contribution in [2.24, 2.45) is 0 Å². The number of fused-ring (bicyclic) bond motifs is 2. The second-order valence-electron chi connectivity index (χ2n) is 11.7. The van der Waals surface area contributed by atoms with Crippen molar-refractivity contribution < 1.29 is 67.8 Å². The molecule has 0 aliphatic heterocycles. The zero-order valence-electron chi connectivity index (χ0n) is 27.4. The number of rotatable bonds is 10. The maximum Gasteiger partial charge on any atom is 0.338 e. The van der Waals surface area contributed by atoms with E-state index in [9.17, 15) is 57.6 Å².